The van der Waals surface area contributed by atoms with Crippen molar-refractivity contribution in [1.29, 1.82) is 0 Å². The van der Waals surface area contributed by atoms with Gasteiger partial charge in [-0.05, 0) is 54.3 Å². The highest BCUT2D eigenvalue weighted by Gasteiger charge is 2.32. The van der Waals surface area contributed by atoms with E-state index in [1.165, 1.54) is 51.9 Å². The Labute approximate surface area is 249 Å². The Bertz CT molecular complexity index is 1650. The molecule has 3 aromatic carbocycles. The molecular formula is C30H27F3N6O3S. The maximum Gasteiger partial charge on any atom is 0.573 e. The Morgan fingerprint density at radius 3 is 2.40 bits per heavy atom. The van der Waals surface area contributed by atoms with E-state index in [1.807, 2.05) is 57.2 Å². The summed E-state index contributed by atoms with van der Waals surface area (Å²) < 4.78 is 42.6. The third-order valence-corrected chi connectivity index (χ3v) is 7.52. The molecule has 0 spiro atoms. The highest BCUT2D eigenvalue weighted by atomic mass is 32.2. The van der Waals surface area contributed by atoms with E-state index in [0.29, 0.717) is 22.2 Å². The zero-order chi connectivity index (χ0) is 30.7. The van der Waals surface area contributed by atoms with Crippen molar-refractivity contribution in [3.8, 4) is 22.8 Å². The average Bonchev–Trinajstić information content (AvgIpc) is 3.59. The molecule has 5 rings (SSSR count). The molecule has 1 saturated heterocycles. The lowest BCUT2D eigenvalue weighted by Gasteiger charge is -2.21. The van der Waals surface area contributed by atoms with Gasteiger partial charge in [-0.1, -0.05) is 68.1 Å². The lowest BCUT2D eigenvalue weighted by molar-refractivity contribution is -0.274. The van der Waals surface area contributed by atoms with E-state index in [4.69, 9.17) is 0 Å². The van der Waals surface area contributed by atoms with Crippen LogP contribution in [0.3, 0.4) is 0 Å². The number of nitrogens with zero attached hydrogens (tertiary/aromatic N) is 5. The minimum atomic E-state index is -4.76. The van der Waals surface area contributed by atoms with Gasteiger partial charge in [-0.25, -0.2) is 14.5 Å². The predicted molar refractivity (Wildman–Crippen MR) is 158 cm³/mol. The Kier molecular flexibility index (Phi) is 8.53. The van der Waals surface area contributed by atoms with Gasteiger partial charge in [-0.3, -0.25) is 9.69 Å². The molecule has 222 valence electrons. The number of carbonyl (C=O) groups excluding carboxylic acids is 2. The van der Waals surface area contributed by atoms with Crippen LogP contribution in [0.4, 0.5) is 23.7 Å². The number of para-hydroxylation sites is 1. The summed E-state index contributed by atoms with van der Waals surface area (Å²) in [5.41, 5.74) is 3.75. The van der Waals surface area contributed by atoms with Gasteiger partial charge >= 0.3 is 12.4 Å². The first-order valence-electron chi connectivity index (χ1n) is 13.3. The molecule has 1 unspecified atom stereocenters. The molecule has 4 aromatic rings. The summed E-state index contributed by atoms with van der Waals surface area (Å²) in [6.07, 6.45) is -3.31. The van der Waals surface area contributed by atoms with Gasteiger partial charge in [-0.15, -0.1) is 18.3 Å². The van der Waals surface area contributed by atoms with Crippen molar-refractivity contribution in [1.82, 2.24) is 20.1 Å². The highest BCUT2D eigenvalue weighted by molar-refractivity contribution is 8.15. The summed E-state index contributed by atoms with van der Waals surface area (Å²) >= 11 is 1.23. The molecule has 1 fully saturated rings. The van der Waals surface area contributed by atoms with Gasteiger partial charge in [0, 0.05) is 5.56 Å². The van der Waals surface area contributed by atoms with E-state index in [0.717, 1.165) is 16.8 Å². The average molecular weight is 609 g/mol. The number of benzene rings is 3. The molecule has 1 aliphatic rings. The van der Waals surface area contributed by atoms with Crippen molar-refractivity contribution in [3.05, 3.63) is 90.3 Å². The molecule has 1 aromatic heterocycles. The fourth-order valence-corrected chi connectivity index (χ4v) is 5.35. The first-order valence-corrected chi connectivity index (χ1v) is 14.3. The first kappa shape index (κ1) is 29.8. The van der Waals surface area contributed by atoms with Crippen LogP contribution in [0, 0.1) is 0 Å². The second-order valence-electron chi connectivity index (χ2n) is 9.97. The standard InChI is InChI=1S/C30H27F3N6O3S/c1-18(2)24-6-4-5-7-25(24)39-26(40)16-43-29(39)36-28(41)35-19(3)20-8-10-21(11-9-20)27-34-17-38(37-27)22-12-14-23(15-13-22)42-30(31,32)33/h4-15,17-19H,16H2,1-3H3,(H,35,41)/b36-29-. The Morgan fingerprint density at radius 1 is 1.02 bits per heavy atom. The molecule has 0 bridgehead atoms. The van der Waals surface area contributed by atoms with Crippen molar-refractivity contribution in [2.24, 2.45) is 4.99 Å². The van der Waals surface area contributed by atoms with Gasteiger partial charge in [-0.2, -0.15) is 4.99 Å². The summed E-state index contributed by atoms with van der Waals surface area (Å²) in [4.78, 5) is 35.6. The van der Waals surface area contributed by atoms with Crippen LogP contribution in [-0.4, -0.2) is 44.0 Å². The zero-order valence-corrected chi connectivity index (χ0v) is 24.2. The maximum absolute atomic E-state index is 12.9. The molecule has 1 aliphatic heterocycles. The topological polar surface area (TPSA) is 102 Å². The van der Waals surface area contributed by atoms with E-state index in [2.05, 4.69) is 25.1 Å². The summed E-state index contributed by atoms with van der Waals surface area (Å²) in [6.45, 7) is 5.91. The lowest BCUT2D eigenvalue weighted by atomic mass is 10.0. The summed E-state index contributed by atoms with van der Waals surface area (Å²) in [5, 5.41) is 7.60. The minimum Gasteiger partial charge on any atom is -0.406 e. The van der Waals surface area contributed by atoms with Crippen LogP contribution in [-0.2, 0) is 4.79 Å². The van der Waals surface area contributed by atoms with Crippen LogP contribution in [0.2, 0.25) is 0 Å². The summed E-state index contributed by atoms with van der Waals surface area (Å²) in [5.74, 6) is 0.345. The number of alkyl halides is 3. The van der Waals surface area contributed by atoms with Crippen LogP contribution in [0.25, 0.3) is 17.1 Å². The molecule has 2 heterocycles. The molecule has 43 heavy (non-hydrogen) atoms. The largest absolute Gasteiger partial charge is 0.573 e. The van der Waals surface area contributed by atoms with Gasteiger partial charge in [0.15, 0.2) is 11.0 Å². The molecule has 1 atom stereocenters. The number of anilines is 1. The quantitative estimate of drug-likeness (QED) is 0.246. The smallest absolute Gasteiger partial charge is 0.406 e. The lowest BCUT2D eigenvalue weighted by Crippen LogP contribution is -2.32. The third-order valence-electron chi connectivity index (χ3n) is 6.60. The van der Waals surface area contributed by atoms with Crippen molar-refractivity contribution < 1.29 is 27.5 Å². The number of carbonyl (C=O) groups is 2. The number of amides is 3. The Hall–Kier alpha value is -4.65. The van der Waals surface area contributed by atoms with E-state index in [9.17, 15) is 22.8 Å². The number of halogens is 3. The van der Waals surface area contributed by atoms with Gasteiger partial charge in [0.25, 0.3) is 0 Å². The number of rotatable bonds is 7. The number of nitrogens with one attached hydrogen (secondary N) is 1. The van der Waals surface area contributed by atoms with Crippen LogP contribution in [0.15, 0.2) is 84.1 Å². The third kappa shape index (κ3) is 7.05. The minimum absolute atomic E-state index is 0.128. The first-order chi connectivity index (χ1) is 20.5. The number of ether oxygens (including phenoxy) is 1. The van der Waals surface area contributed by atoms with Gasteiger partial charge in [0.05, 0.1) is 23.2 Å². The maximum atomic E-state index is 12.9. The summed E-state index contributed by atoms with van der Waals surface area (Å²) in [7, 11) is 0. The molecule has 0 saturated carbocycles. The highest BCUT2D eigenvalue weighted by Crippen LogP contribution is 2.33. The fraction of sp³-hybridized carbons (Fsp3) is 0.233. The fourth-order valence-electron chi connectivity index (χ4n) is 4.49. The van der Waals surface area contributed by atoms with Crippen molar-refractivity contribution in [2.45, 2.75) is 39.1 Å². The van der Waals surface area contributed by atoms with Gasteiger partial charge in [0.1, 0.15) is 12.1 Å². The Balaban J connectivity index is 1.24. The van der Waals surface area contributed by atoms with Crippen LogP contribution >= 0.6 is 11.8 Å². The van der Waals surface area contributed by atoms with E-state index in [1.54, 1.807) is 12.1 Å². The second kappa shape index (κ2) is 12.3. The van der Waals surface area contributed by atoms with Gasteiger partial charge < -0.3 is 10.1 Å². The van der Waals surface area contributed by atoms with E-state index >= 15 is 0 Å². The SMILES string of the molecule is CC(C)c1ccccc1N1C(=O)CS/C1=N\C(=O)NC(C)c1ccc(-c2ncn(-c3ccc(OC(F)(F)F)cc3)n2)cc1. The normalized spacial score (nSPS) is 15.3. The molecule has 1 N–H and O–H groups in total. The van der Waals surface area contributed by atoms with Crippen LogP contribution < -0.4 is 15.0 Å². The molecule has 0 radical (unpaired) electrons. The number of thioether (sulfide) groups is 1. The van der Waals surface area contributed by atoms with Crippen LogP contribution in [0.5, 0.6) is 5.75 Å². The molecule has 13 heteroatoms. The molecule has 3 amide bonds. The predicted octanol–water partition coefficient (Wildman–Crippen LogP) is 6.86. The second-order valence-corrected chi connectivity index (χ2v) is 10.9. The number of amidine groups is 1. The van der Waals surface area contributed by atoms with Crippen molar-refractivity contribution in [3.63, 3.8) is 0 Å². The number of hydrogen-bond donors (Lipinski definition) is 1. The summed E-state index contributed by atoms with van der Waals surface area (Å²) in [6, 6.07) is 19.2. The van der Waals surface area contributed by atoms with Gasteiger partial charge in [0.2, 0.25) is 5.91 Å². The molecular weight excluding hydrogens is 581 g/mol. The monoisotopic (exact) mass is 608 g/mol. The van der Waals surface area contributed by atoms with E-state index in [-0.39, 0.29) is 29.4 Å². The number of hydrogen-bond acceptors (Lipinski definition) is 6. The van der Waals surface area contributed by atoms with Crippen molar-refractivity contribution >= 4 is 34.6 Å². The number of aromatic nitrogens is 3. The van der Waals surface area contributed by atoms with Crippen LogP contribution in [0.1, 0.15) is 43.9 Å². The van der Waals surface area contributed by atoms with Crippen molar-refractivity contribution in [2.75, 3.05) is 10.7 Å². The Morgan fingerprint density at radius 2 is 1.72 bits per heavy atom. The molecule has 9 nitrogen and oxygen atoms in total. The molecule has 0 aliphatic carbocycles. The zero-order valence-electron chi connectivity index (χ0n) is 23.4. The number of aliphatic imine (C=N–C) groups is 1. The number of urea groups is 1. The van der Waals surface area contributed by atoms with E-state index < -0.39 is 12.4 Å².